The Morgan fingerprint density at radius 2 is 2.20 bits per heavy atom. The Bertz CT molecular complexity index is 625. The first-order valence-corrected chi connectivity index (χ1v) is 7.18. The summed E-state index contributed by atoms with van der Waals surface area (Å²) in [7, 11) is 0. The number of nitro groups is 1. The highest BCUT2D eigenvalue weighted by atomic mass is 32.1. The van der Waals surface area contributed by atoms with Crippen LogP contribution in [-0.2, 0) is 6.54 Å². The fourth-order valence-electron chi connectivity index (χ4n) is 1.89. The quantitative estimate of drug-likeness (QED) is 0.676. The van der Waals surface area contributed by atoms with Crippen molar-refractivity contribution in [3.05, 3.63) is 55.5 Å². The molecule has 106 valence electrons. The van der Waals surface area contributed by atoms with Gasteiger partial charge in [-0.2, -0.15) is 0 Å². The molecule has 6 heteroatoms. The first-order chi connectivity index (χ1) is 9.47. The van der Waals surface area contributed by atoms with Crippen molar-refractivity contribution in [3.8, 4) is 0 Å². The van der Waals surface area contributed by atoms with Crippen LogP contribution in [-0.4, -0.2) is 9.91 Å². The second kappa shape index (κ2) is 6.11. The van der Waals surface area contributed by atoms with Gasteiger partial charge in [-0.3, -0.25) is 10.1 Å². The molecule has 2 aromatic rings. The Labute approximate surface area is 121 Å². The maximum absolute atomic E-state index is 10.9. The third kappa shape index (κ3) is 3.40. The number of benzene rings is 1. The van der Waals surface area contributed by atoms with E-state index in [1.54, 1.807) is 30.4 Å². The van der Waals surface area contributed by atoms with Gasteiger partial charge in [0, 0.05) is 29.2 Å². The molecule has 1 unspecified atom stereocenters. The van der Waals surface area contributed by atoms with Crippen molar-refractivity contribution in [1.82, 2.24) is 10.3 Å². The number of hydrogen-bond donors (Lipinski definition) is 1. The van der Waals surface area contributed by atoms with Gasteiger partial charge in [-0.25, -0.2) is 4.98 Å². The highest BCUT2D eigenvalue weighted by Gasteiger charge is 2.12. The molecule has 0 saturated heterocycles. The monoisotopic (exact) mass is 291 g/mol. The Kier molecular flexibility index (Phi) is 4.46. The van der Waals surface area contributed by atoms with E-state index in [0.717, 1.165) is 10.6 Å². The van der Waals surface area contributed by atoms with Crippen molar-refractivity contribution in [2.75, 3.05) is 0 Å². The number of nitrogens with zero attached hydrogens (tertiary/aromatic N) is 2. The second-order valence-electron chi connectivity index (χ2n) is 4.79. The van der Waals surface area contributed by atoms with Crippen LogP contribution in [0.3, 0.4) is 0 Å². The molecule has 1 aromatic heterocycles. The van der Waals surface area contributed by atoms with Crippen LogP contribution < -0.4 is 5.32 Å². The van der Waals surface area contributed by atoms with E-state index in [9.17, 15) is 10.1 Å². The molecule has 0 aliphatic heterocycles. The summed E-state index contributed by atoms with van der Waals surface area (Å²) < 4.78 is 0. The molecule has 0 aliphatic carbocycles. The number of aryl methyl sites for hydroxylation is 2. The lowest BCUT2D eigenvalue weighted by Gasteiger charge is -2.11. The van der Waals surface area contributed by atoms with E-state index in [2.05, 4.69) is 10.3 Å². The zero-order valence-corrected chi connectivity index (χ0v) is 12.5. The maximum Gasteiger partial charge on any atom is 0.272 e. The number of nitrogens with one attached hydrogen (secondary N) is 1. The molecule has 1 atom stereocenters. The van der Waals surface area contributed by atoms with Gasteiger partial charge >= 0.3 is 0 Å². The first-order valence-electron chi connectivity index (χ1n) is 6.37. The summed E-state index contributed by atoms with van der Waals surface area (Å²) in [4.78, 5) is 16.1. The average molecular weight is 291 g/mol. The zero-order valence-electron chi connectivity index (χ0n) is 11.7. The predicted octanol–water partition coefficient (Wildman–Crippen LogP) is 3.52. The molecule has 0 fully saturated rings. The Morgan fingerprint density at radius 1 is 1.45 bits per heavy atom. The SMILES string of the molecule is Cc1cnc(C(C)NCc2ccc(C)c([N+](=O)[O-])c2)s1. The Morgan fingerprint density at radius 3 is 2.80 bits per heavy atom. The lowest BCUT2D eigenvalue weighted by atomic mass is 10.1. The number of nitro benzene ring substituents is 1. The third-order valence-electron chi connectivity index (χ3n) is 3.09. The fourth-order valence-corrected chi connectivity index (χ4v) is 2.69. The molecular weight excluding hydrogens is 274 g/mol. The van der Waals surface area contributed by atoms with E-state index in [1.807, 2.05) is 26.1 Å². The standard InChI is InChI=1S/C14H17N3O2S/c1-9-4-5-12(6-13(9)17(18)19)8-15-11(3)14-16-7-10(2)20-14/h4-7,11,15H,8H2,1-3H3. The van der Waals surface area contributed by atoms with E-state index in [-0.39, 0.29) is 16.7 Å². The molecule has 1 aromatic carbocycles. The van der Waals surface area contributed by atoms with Crippen molar-refractivity contribution >= 4 is 17.0 Å². The van der Waals surface area contributed by atoms with Crippen LogP contribution >= 0.6 is 11.3 Å². The average Bonchev–Trinajstić information content (AvgIpc) is 2.84. The molecule has 0 spiro atoms. The molecule has 0 saturated carbocycles. The van der Waals surface area contributed by atoms with Crippen LogP contribution in [0.15, 0.2) is 24.4 Å². The maximum atomic E-state index is 10.9. The highest BCUT2D eigenvalue weighted by molar-refractivity contribution is 7.11. The summed E-state index contributed by atoms with van der Waals surface area (Å²) in [5, 5.41) is 15.3. The molecule has 0 amide bonds. The Hall–Kier alpha value is -1.79. The van der Waals surface area contributed by atoms with E-state index in [4.69, 9.17) is 0 Å². The van der Waals surface area contributed by atoms with Crippen molar-refractivity contribution in [1.29, 1.82) is 0 Å². The van der Waals surface area contributed by atoms with Gasteiger partial charge in [-0.05, 0) is 26.3 Å². The van der Waals surface area contributed by atoms with Crippen molar-refractivity contribution < 1.29 is 4.92 Å². The predicted molar refractivity (Wildman–Crippen MR) is 79.9 cm³/mol. The molecule has 5 nitrogen and oxygen atoms in total. The highest BCUT2D eigenvalue weighted by Crippen LogP contribution is 2.21. The smallest absolute Gasteiger partial charge is 0.272 e. The van der Waals surface area contributed by atoms with Crippen molar-refractivity contribution in [3.63, 3.8) is 0 Å². The minimum absolute atomic E-state index is 0.133. The molecule has 1 N–H and O–H groups in total. The fraction of sp³-hybridized carbons (Fsp3) is 0.357. The lowest BCUT2D eigenvalue weighted by Crippen LogP contribution is -2.18. The van der Waals surface area contributed by atoms with Crippen LogP contribution in [0.5, 0.6) is 0 Å². The third-order valence-corrected chi connectivity index (χ3v) is 4.19. The molecule has 20 heavy (non-hydrogen) atoms. The molecule has 0 bridgehead atoms. The van der Waals surface area contributed by atoms with Gasteiger partial charge in [0.2, 0.25) is 0 Å². The van der Waals surface area contributed by atoms with Gasteiger partial charge < -0.3 is 5.32 Å². The van der Waals surface area contributed by atoms with Gasteiger partial charge in [0.1, 0.15) is 5.01 Å². The van der Waals surface area contributed by atoms with E-state index < -0.39 is 0 Å². The summed E-state index contributed by atoms with van der Waals surface area (Å²) in [6.07, 6.45) is 1.86. The van der Waals surface area contributed by atoms with E-state index in [0.29, 0.717) is 12.1 Å². The molecular formula is C14H17N3O2S. The van der Waals surface area contributed by atoms with Gasteiger partial charge in [0.05, 0.1) is 11.0 Å². The second-order valence-corrected chi connectivity index (χ2v) is 6.06. The van der Waals surface area contributed by atoms with Gasteiger partial charge in [0.15, 0.2) is 0 Å². The molecule has 2 rings (SSSR count). The van der Waals surface area contributed by atoms with Crippen LogP contribution in [0, 0.1) is 24.0 Å². The van der Waals surface area contributed by atoms with Crippen molar-refractivity contribution in [2.45, 2.75) is 33.4 Å². The molecule has 0 radical (unpaired) electrons. The summed E-state index contributed by atoms with van der Waals surface area (Å²) in [6, 6.07) is 5.46. The van der Waals surface area contributed by atoms with Gasteiger partial charge in [-0.1, -0.05) is 12.1 Å². The van der Waals surface area contributed by atoms with Crippen LogP contribution in [0.2, 0.25) is 0 Å². The number of aromatic nitrogens is 1. The lowest BCUT2D eigenvalue weighted by molar-refractivity contribution is -0.385. The van der Waals surface area contributed by atoms with E-state index >= 15 is 0 Å². The van der Waals surface area contributed by atoms with Gasteiger partial charge in [-0.15, -0.1) is 11.3 Å². The minimum Gasteiger partial charge on any atom is -0.304 e. The summed E-state index contributed by atoms with van der Waals surface area (Å²) >= 11 is 1.66. The van der Waals surface area contributed by atoms with E-state index in [1.165, 1.54) is 4.88 Å². The number of thiazole rings is 1. The zero-order chi connectivity index (χ0) is 14.7. The summed E-state index contributed by atoms with van der Waals surface area (Å²) in [6.45, 7) is 6.40. The summed E-state index contributed by atoms with van der Waals surface area (Å²) in [5.41, 5.74) is 1.76. The van der Waals surface area contributed by atoms with Crippen molar-refractivity contribution in [2.24, 2.45) is 0 Å². The first kappa shape index (κ1) is 14.6. The summed E-state index contributed by atoms with van der Waals surface area (Å²) in [5.74, 6) is 0. The minimum atomic E-state index is -0.341. The number of hydrogen-bond acceptors (Lipinski definition) is 5. The topological polar surface area (TPSA) is 68.1 Å². The normalized spacial score (nSPS) is 12.3. The molecule has 0 aliphatic rings. The largest absolute Gasteiger partial charge is 0.304 e. The van der Waals surface area contributed by atoms with Crippen LogP contribution in [0.25, 0.3) is 0 Å². The van der Waals surface area contributed by atoms with Crippen LogP contribution in [0.1, 0.15) is 34.0 Å². The Balaban J connectivity index is 2.04. The molecule has 1 heterocycles. The van der Waals surface area contributed by atoms with Crippen LogP contribution in [0.4, 0.5) is 5.69 Å². The number of rotatable bonds is 5. The van der Waals surface area contributed by atoms with Gasteiger partial charge in [0.25, 0.3) is 5.69 Å².